The molecule has 2 rings (SSSR count). The second-order valence-electron chi connectivity index (χ2n) is 5.08. The van der Waals surface area contributed by atoms with Gasteiger partial charge in [-0.1, -0.05) is 36.4 Å². The Bertz CT molecular complexity index is 605. The van der Waals surface area contributed by atoms with Crippen LogP contribution in [0.4, 0.5) is 9.18 Å². The highest BCUT2D eigenvalue weighted by molar-refractivity contribution is 5.73. The molecule has 0 saturated heterocycles. The molecule has 0 aliphatic carbocycles. The molecule has 2 aromatic rings. The SMILES string of the molecule is O=C(NCCCc1ccccc1)NCCOc1cccc(F)c1. The number of aryl methyl sites for hydroxylation is 1. The molecule has 4 nitrogen and oxygen atoms in total. The third-order valence-corrected chi connectivity index (χ3v) is 3.22. The first-order chi connectivity index (χ1) is 11.2. The standard InChI is InChI=1S/C18H21FN2O2/c19-16-9-4-10-17(14-16)23-13-12-21-18(22)20-11-5-8-15-6-2-1-3-7-15/h1-4,6-7,9-10,14H,5,8,11-13H2,(H2,20,21,22). The molecule has 23 heavy (non-hydrogen) atoms. The van der Waals surface area contributed by atoms with Gasteiger partial charge >= 0.3 is 6.03 Å². The van der Waals surface area contributed by atoms with E-state index in [-0.39, 0.29) is 11.8 Å². The van der Waals surface area contributed by atoms with Crippen molar-refractivity contribution in [3.8, 4) is 5.75 Å². The summed E-state index contributed by atoms with van der Waals surface area (Å²) in [5.74, 6) is 0.113. The minimum Gasteiger partial charge on any atom is -0.492 e. The van der Waals surface area contributed by atoms with Gasteiger partial charge < -0.3 is 15.4 Å². The Hall–Kier alpha value is -2.56. The molecular formula is C18H21FN2O2. The first kappa shape index (κ1) is 16.8. The highest BCUT2D eigenvalue weighted by atomic mass is 19.1. The fourth-order valence-electron chi connectivity index (χ4n) is 2.09. The number of carbonyl (C=O) groups is 1. The summed E-state index contributed by atoms with van der Waals surface area (Å²) in [7, 11) is 0. The first-order valence-electron chi connectivity index (χ1n) is 7.68. The van der Waals surface area contributed by atoms with E-state index >= 15 is 0 Å². The fraction of sp³-hybridized carbons (Fsp3) is 0.278. The summed E-state index contributed by atoms with van der Waals surface area (Å²) in [4.78, 5) is 11.6. The van der Waals surface area contributed by atoms with Crippen LogP contribution in [0.2, 0.25) is 0 Å². The summed E-state index contributed by atoms with van der Waals surface area (Å²) >= 11 is 0. The molecule has 2 amide bonds. The van der Waals surface area contributed by atoms with E-state index in [4.69, 9.17) is 4.74 Å². The number of amides is 2. The first-order valence-corrected chi connectivity index (χ1v) is 7.68. The number of hydrogen-bond donors (Lipinski definition) is 2. The number of rotatable bonds is 8. The molecule has 0 fully saturated rings. The smallest absolute Gasteiger partial charge is 0.314 e. The minimum atomic E-state index is -0.341. The van der Waals surface area contributed by atoms with Crippen molar-refractivity contribution in [3.63, 3.8) is 0 Å². The maximum atomic E-state index is 12.9. The number of urea groups is 1. The van der Waals surface area contributed by atoms with E-state index in [9.17, 15) is 9.18 Å². The number of hydrogen-bond acceptors (Lipinski definition) is 2. The van der Waals surface area contributed by atoms with Crippen LogP contribution in [0.15, 0.2) is 54.6 Å². The number of nitrogens with one attached hydrogen (secondary N) is 2. The van der Waals surface area contributed by atoms with Crippen molar-refractivity contribution in [3.05, 3.63) is 66.0 Å². The molecule has 0 aliphatic heterocycles. The molecule has 0 heterocycles. The van der Waals surface area contributed by atoms with Crippen LogP contribution in [0.25, 0.3) is 0 Å². The zero-order valence-corrected chi connectivity index (χ0v) is 12.9. The molecular weight excluding hydrogens is 295 g/mol. The third-order valence-electron chi connectivity index (χ3n) is 3.22. The molecule has 2 aromatic carbocycles. The second-order valence-corrected chi connectivity index (χ2v) is 5.08. The van der Waals surface area contributed by atoms with Crippen LogP contribution in [0.3, 0.4) is 0 Å². The van der Waals surface area contributed by atoms with E-state index < -0.39 is 0 Å². The van der Waals surface area contributed by atoms with Gasteiger partial charge in [-0.15, -0.1) is 0 Å². The van der Waals surface area contributed by atoms with Crippen LogP contribution >= 0.6 is 0 Å². The summed E-state index contributed by atoms with van der Waals surface area (Å²) in [6.07, 6.45) is 1.82. The predicted molar refractivity (Wildman–Crippen MR) is 88.1 cm³/mol. The van der Waals surface area contributed by atoms with Crippen molar-refractivity contribution >= 4 is 6.03 Å². The van der Waals surface area contributed by atoms with Crippen molar-refractivity contribution in [2.24, 2.45) is 0 Å². The fourth-order valence-corrected chi connectivity index (χ4v) is 2.09. The zero-order valence-electron chi connectivity index (χ0n) is 12.9. The molecule has 2 N–H and O–H groups in total. The van der Waals surface area contributed by atoms with E-state index in [0.717, 1.165) is 12.8 Å². The predicted octanol–water partition coefficient (Wildman–Crippen LogP) is 3.14. The van der Waals surface area contributed by atoms with Crippen LogP contribution < -0.4 is 15.4 Å². The average molecular weight is 316 g/mol. The Morgan fingerprint density at radius 3 is 2.57 bits per heavy atom. The highest BCUT2D eigenvalue weighted by Crippen LogP contribution is 2.11. The lowest BCUT2D eigenvalue weighted by atomic mass is 10.1. The molecule has 0 saturated carbocycles. The van der Waals surface area contributed by atoms with E-state index in [2.05, 4.69) is 22.8 Å². The van der Waals surface area contributed by atoms with Gasteiger partial charge in [0.05, 0.1) is 6.54 Å². The Morgan fingerprint density at radius 1 is 1.00 bits per heavy atom. The lowest BCUT2D eigenvalue weighted by Gasteiger charge is -2.09. The third kappa shape index (κ3) is 6.82. The Morgan fingerprint density at radius 2 is 1.78 bits per heavy atom. The van der Waals surface area contributed by atoms with Gasteiger partial charge in [-0.25, -0.2) is 9.18 Å². The van der Waals surface area contributed by atoms with E-state index in [0.29, 0.717) is 25.4 Å². The van der Waals surface area contributed by atoms with Gasteiger partial charge in [0.1, 0.15) is 18.2 Å². The van der Waals surface area contributed by atoms with Crippen LogP contribution in [0, 0.1) is 5.82 Å². The van der Waals surface area contributed by atoms with Gasteiger partial charge in [0, 0.05) is 12.6 Å². The lowest BCUT2D eigenvalue weighted by molar-refractivity contribution is 0.236. The monoisotopic (exact) mass is 316 g/mol. The van der Waals surface area contributed by atoms with Crippen LogP contribution in [-0.4, -0.2) is 25.7 Å². The van der Waals surface area contributed by atoms with Crippen LogP contribution in [0.1, 0.15) is 12.0 Å². The van der Waals surface area contributed by atoms with E-state index in [1.165, 1.54) is 17.7 Å². The quantitative estimate of drug-likeness (QED) is 0.735. The number of carbonyl (C=O) groups excluding carboxylic acids is 1. The number of ether oxygens (including phenoxy) is 1. The molecule has 0 radical (unpaired) electrons. The van der Waals surface area contributed by atoms with Gasteiger partial charge in [-0.3, -0.25) is 0 Å². The molecule has 0 aliphatic rings. The summed E-state index contributed by atoms with van der Waals surface area (Å²) in [6, 6.07) is 15.8. The molecule has 0 atom stereocenters. The van der Waals surface area contributed by atoms with Crippen molar-refractivity contribution in [2.45, 2.75) is 12.8 Å². The second kappa shape index (κ2) is 9.46. The summed E-state index contributed by atoms with van der Waals surface area (Å²) < 4.78 is 18.3. The van der Waals surface area contributed by atoms with Gasteiger partial charge in [0.25, 0.3) is 0 Å². The van der Waals surface area contributed by atoms with Crippen molar-refractivity contribution in [2.75, 3.05) is 19.7 Å². The van der Waals surface area contributed by atoms with Gasteiger partial charge in [0.2, 0.25) is 0 Å². The van der Waals surface area contributed by atoms with Crippen molar-refractivity contribution < 1.29 is 13.9 Å². The van der Waals surface area contributed by atoms with Gasteiger partial charge in [0.15, 0.2) is 0 Å². The summed E-state index contributed by atoms with van der Waals surface area (Å²) in [5, 5.41) is 5.49. The molecule has 0 bridgehead atoms. The van der Waals surface area contributed by atoms with Crippen LogP contribution in [-0.2, 0) is 6.42 Å². The molecule has 0 unspecified atom stereocenters. The number of benzene rings is 2. The largest absolute Gasteiger partial charge is 0.492 e. The maximum absolute atomic E-state index is 12.9. The average Bonchev–Trinajstić information content (AvgIpc) is 2.57. The van der Waals surface area contributed by atoms with E-state index in [1.54, 1.807) is 12.1 Å². The van der Waals surface area contributed by atoms with Gasteiger partial charge in [-0.05, 0) is 30.5 Å². The van der Waals surface area contributed by atoms with Gasteiger partial charge in [-0.2, -0.15) is 0 Å². The minimum absolute atomic E-state index is 0.221. The lowest BCUT2D eigenvalue weighted by Crippen LogP contribution is -2.38. The normalized spacial score (nSPS) is 10.1. The highest BCUT2D eigenvalue weighted by Gasteiger charge is 2.00. The molecule has 5 heteroatoms. The topological polar surface area (TPSA) is 50.4 Å². The zero-order chi connectivity index (χ0) is 16.3. The molecule has 0 aromatic heterocycles. The Balaban J connectivity index is 1.52. The Labute approximate surface area is 135 Å². The van der Waals surface area contributed by atoms with Crippen molar-refractivity contribution in [1.29, 1.82) is 0 Å². The van der Waals surface area contributed by atoms with Crippen LogP contribution in [0.5, 0.6) is 5.75 Å². The molecule has 122 valence electrons. The van der Waals surface area contributed by atoms with Crippen molar-refractivity contribution in [1.82, 2.24) is 10.6 Å². The number of halogens is 1. The Kier molecular flexibility index (Phi) is 6.91. The molecule has 0 spiro atoms. The summed E-state index contributed by atoms with van der Waals surface area (Å²) in [6.45, 7) is 1.27. The summed E-state index contributed by atoms with van der Waals surface area (Å²) in [5.41, 5.74) is 1.26. The van der Waals surface area contributed by atoms with E-state index in [1.807, 2.05) is 18.2 Å². The maximum Gasteiger partial charge on any atom is 0.314 e.